The van der Waals surface area contributed by atoms with Crippen LogP contribution in [0.3, 0.4) is 0 Å². The maximum Gasteiger partial charge on any atom is 0.348 e. The molecular weight excluding hydrogens is 202 g/mol. The van der Waals surface area contributed by atoms with Gasteiger partial charge in [0, 0.05) is 0 Å². The second-order valence-electron chi connectivity index (χ2n) is 2.95. The van der Waals surface area contributed by atoms with Gasteiger partial charge in [0.05, 0.1) is 7.11 Å². The number of nitriles is 1. The van der Waals surface area contributed by atoms with Gasteiger partial charge in [0.1, 0.15) is 11.6 Å². The van der Waals surface area contributed by atoms with Crippen molar-refractivity contribution in [2.24, 2.45) is 0 Å². The largest absolute Gasteiger partial charge is 0.465 e. The number of nitrogens with zero attached hydrogens (tertiary/aromatic N) is 1. The van der Waals surface area contributed by atoms with Gasteiger partial charge < -0.3 is 4.74 Å². The zero-order valence-electron chi connectivity index (χ0n) is 8.88. The van der Waals surface area contributed by atoms with Crippen LogP contribution < -0.4 is 0 Å². The standard InChI is InChI=1S/C13H11NO2/c1-16-13(15)12(10-14)9-5-8-11-6-3-2-4-7-11/h2-9H,1H3/b8-5?,12-9+. The maximum absolute atomic E-state index is 11.0. The van der Waals surface area contributed by atoms with Crippen LogP contribution in [-0.4, -0.2) is 13.1 Å². The number of benzene rings is 1. The van der Waals surface area contributed by atoms with Crippen LogP contribution in [0.25, 0.3) is 6.08 Å². The molecule has 0 unspecified atom stereocenters. The molecule has 0 aliphatic carbocycles. The van der Waals surface area contributed by atoms with E-state index in [9.17, 15) is 4.79 Å². The fourth-order valence-corrected chi connectivity index (χ4v) is 1.08. The first kappa shape index (κ1) is 11.7. The van der Waals surface area contributed by atoms with Gasteiger partial charge in [-0.25, -0.2) is 4.79 Å². The molecule has 0 radical (unpaired) electrons. The van der Waals surface area contributed by atoms with Gasteiger partial charge in [0.25, 0.3) is 0 Å². The number of ether oxygens (including phenoxy) is 1. The Balaban J connectivity index is 2.76. The molecule has 0 bridgehead atoms. The van der Waals surface area contributed by atoms with Crippen molar-refractivity contribution in [3.8, 4) is 6.07 Å². The molecule has 0 heterocycles. The fraction of sp³-hybridized carbons (Fsp3) is 0.0769. The van der Waals surface area contributed by atoms with Crippen LogP contribution in [0, 0.1) is 11.3 Å². The number of allylic oxidation sites excluding steroid dienone is 2. The summed E-state index contributed by atoms with van der Waals surface area (Å²) in [4.78, 5) is 11.0. The van der Waals surface area contributed by atoms with E-state index in [0.29, 0.717) is 0 Å². The average molecular weight is 213 g/mol. The van der Waals surface area contributed by atoms with Gasteiger partial charge in [-0.2, -0.15) is 5.26 Å². The van der Waals surface area contributed by atoms with E-state index in [1.54, 1.807) is 18.2 Å². The van der Waals surface area contributed by atoms with Crippen molar-refractivity contribution in [2.75, 3.05) is 7.11 Å². The third-order valence-electron chi connectivity index (χ3n) is 1.88. The topological polar surface area (TPSA) is 50.1 Å². The first-order valence-corrected chi connectivity index (χ1v) is 4.69. The van der Waals surface area contributed by atoms with Gasteiger partial charge >= 0.3 is 5.97 Å². The zero-order chi connectivity index (χ0) is 11.8. The molecule has 0 amide bonds. The van der Waals surface area contributed by atoms with Crippen LogP contribution in [0.4, 0.5) is 0 Å². The Labute approximate surface area is 94.3 Å². The van der Waals surface area contributed by atoms with Crippen LogP contribution in [0.2, 0.25) is 0 Å². The third kappa shape index (κ3) is 3.43. The highest BCUT2D eigenvalue weighted by atomic mass is 16.5. The van der Waals surface area contributed by atoms with Crippen molar-refractivity contribution in [1.82, 2.24) is 0 Å². The molecular formula is C13H11NO2. The Morgan fingerprint density at radius 2 is 2.06 bits per heavy atom. The van der Waals surface area contributed by atoms with E-state index in [2.05, 4.69) is 4.74 Å². The van der Waals surface area contributed by atoms with Gasteiger partial charge in [-0.3, -0.25) is 0 Å². The Morgan fingerprint density at radius 3 is 2.62 bits per heavy atom. The summed E-state index contributed by atoms with van der Waals surface area (Å²) < 4.78 is 4.44. The van der Waals surface area contributed by atoms with Gasteiger partial charge in [0.15, 0.2) is 0 Å². The molecule has 0 saturated carbocycles. The lowest BCUT2D eigenvalue weighted by Gasteiger charge is -1.93. The lowest BCUT2D eigenvalue weighted by atomic mass is 10.2. The molecule has 3 nitrogen and oxygen atoms in total. The number of rotatable bonds is 3. The summed E-state index contributed by atoms with van der Waals surface area (Å²) in [7, 11) is 1.24. The lowest BCUT2D eigenvalue weighted by Crippen LogP contribution is -2.02. The molecule has 0 fully saturated rings. The highest BCUT2D eigenvalue weighted by Crippen LogP contribution is 2.02. The molecule has 3 heteroatoms. The van der Waals surface area contributed by atoms with Crippen molar-refractivity contribution >= 4 is 12.0 Å². The summed E-state index contributed by atoms with van der Waals surface area (Å²) in [5.41, 5.74) is 0.982. The molecule has 16 heavy (non-hydrogen) atoms. The van der Waals surface area contributed by atoms with Crippen LogP contribution in [-0.2, 0) is 9.53 Å². The number of hydrogen-bond acceptors (Lipinski definition) is 3. The number of carbonyl (C=O) groups is 1. The molecule has 0 N–H and O–H groups in total. The van der Waals surface area contributed by atoms with Crippen LogP contribution >= 0.6 is 0 Å². The van der Waals surface area contributed by atoms with E-state index in [0.717, 1.165) is 5.56 Å². The van der Waals surface area contributed by atoms with E-state index in [1.165, 1.54) is 13.2 Å². The summed E-state index contributed by atoms with van der Waals surface area (Å²) in [5, 5.41) is 8.67. The minimum Gasteiger partial charge on any atom is -0.465 e. The maximum atomic E-state index is 11.0. The van der Waals surface area contributed by atoms with Crippen LogP contribution in [0.1, 0.15) is 5.56 Å². The zero-order valence-corrected chi connectivity index (χ0v) is 8.88. The van der Waals surface area contributed by atoms with Gasteiger partial charge in [-0.15, -0.1) is 0 Å². The first-order valence-electron chi connectivity index (χ1n) is 4.69. The van der Waals surface area contributed by atoms with Crippen molar-refractivity contribution < 1.29 is 9.53 Å². The van der Waals surface area contributed by atoms with Crippen molar-refractivity contribution in [1.29, 1.82) is 5.26 Å². The number of esters is 1. The molecule has 0 aromatic heterocycles. The van der Waals surface area contributed by atoms with Crippen molar-refractivity contribution in [3.05, 3.63) is 53.6 Å². The minimum absolute atomic E-state index is 0.0188. The monoisotopic (exact) mass is 213 g/mol. The van der Waals surface area contributed by atoms with E-state index in [-0.39, 0.29) is 5.57 Å². The van der Waals surface area contributed by atoms with Gasteiger partial charge in [-0.05, 0) is 11.6 Å². The SMILES string of the molecule is COC(=O)/C(C#N)=C/C=Cc1ccccc1. The van der Waals surface area contributed by atoms with Gasteiger partial charge in [0.2, 0.25) is 0 Å². The van der Waals surface area contributed by atoms with Gasteiger partial charge in [-0.1, -0.05) is 42.5 Å². The first-order chi connectivity index (χ1) is 7.77. The normalized spacial score (nSPS) is 11.1. The Morgan fingerprint density at radius 1 is 1.38 bits per heavy atom. The molecule has 0 spiro atoms. The van der Waals surface area contributed by atoms with Crippen LogP contribution in [0.15, 0.2) is 48.1 Å². The molecule has 0 aliphatic heterocycles. The number of hydrogen-bond donors (Lipinski definition) is 0. The summed E-state index contributed by atoms with van der Waals surface area (Å²) in [6.45, 7) is 0. The van der Waals surface area contributed by atoms with E-state index >= 15 is 0 Å². The average Bonchev–Trinajstić information content (AvgIpc) is 2.35. The molecule has 1 rings (SSSR count). The molecule has 0 aliphatic rings. The fourth-order valence-electron chi connectivity index (χ4n) is 1.08. The molecule has 0 atom stereocenters. The predicted octanol–water partition coefficient (Wildman–Crippen LogP) is 2.32. The smallest absolute Gasteiger partial charge is 0.348 e. The quantitative estimate of drug-likeness (QED) is 0.335. The van der Waals surface area contributed by atoms with Crippen molar-refractivity contribution in [3.63, 3.8) is 0 Å². The van der Waals surface area contributed by atoms with Crippen molar-refractivity contribution in [2.45, 2.75) is 0 Å². The molecule has 0 saturated heterocycles. The summed E-state index contributed by atoms with van der Waals surface area (Å²) in [6, 6.07) is 11.4. The highest BCUT2D eigenvalue weighted by Gasteiger charge is 2.05. The second kappa shape index (κ2) is 6.20. The summed E-state index contributed by atoms with van der Waals surface area (Å²) in [6.07, 6.45) is 4.88. The number of methoxy groups -OCH3 is 1. The summed E-state index contributed by atoms with van der Waals surface area (Å²) >= 11 is 0. The second-order valence-corrected chi connectivity index (χ2v) is 2.95. The third-order valence-corrected chi connectivity index (χ3v) is 1.88. The predicted molar refractivity (Wildman–Crippen MR) is 61.2 cm³/mol. The Kier molecular flexibility index (Phi) is 4.55. The van der Waals surface area contributed by atoms with Crippen LogP contribution in [0.5, 0.6) is 0 Å². The minimum atomic E-state index is -0.625. The highest BCUT2D eigenvalue weighted by molar-refractivity contribution is 5.93. The molecule has 1 aromatic carbocycles. The molecule has 1 aromatic rings. The van der Waals surface area contributed by atoms with E-state index in [4.69, 9.17) is 5.26 Å². The lowest BCUT2D eigenvalue weighted by molar-refractivity contribution is -0.135. The van der Waals surface area contributed by atoms with E-state index < -0.39 is 5.97 Å². The number of carbonyl (C=O) groups excluding carboxylic acids is 1. The Bertz CT molecular complexity index is 453. The molecule has 80 valence electrons. The van der Waals surface area contributed by atoms with E-state index in [1.807, 2.05) is 30.3 Å². The summed E-state index contributed by atoms with van der Waals surface area (Å²) in [5.74, 6) is -0.625. The Hall–Kier alpha value is -2.34.